The molecule has 1 fully saturated rings. The van der Waals surface area contributed by atoms with E-state index in [1.807, 2.05) is 55.5 Å². The number of rotatable bonds is 6. The van der Waals surface area contributed by atoms with Crippen molar-refractivity contribution in [2.45, 2.75) is 31.6 Å². The Bertz CT molecular complexity index is 910. The maximum absolute atomic E-state index is 12.6. The number of piperidine rings is 1. The van der Waals surface area contributed by atoms with Gasteiger partial charge in [0.15, 0.2) is 0 Å². The standard InChI is InChI=1S/C21H25ClN2O3S/c1-16(19-9-5-6-10-20(19)22)23-21(25)18-11-13-24(14-12-18)28(26,27)15-17-7-3-2-4-8-17/h2-10,16,18H,11-15H2,1H3,(H,23,25). The van der Waals surface area contributed by atoms with Gasteiger partial charge in [0.05, 0.1) is 11.8 Å². The third-order valence-electron chi connectivity index (χ3n) is 5.14. The van der Waals surface area contributed by atoms with Gasteiger partial charge in [-0.1, -0.05) is 60.1 Å². The zero-order valence-corrected chi connectivity index (χ0v) is 17.4. The van der Waals surface area contributed by atoms with E-state index in [0.29, 0.717) is 31.0 Å². The topological polar surface area (TPSA) is 66.5 Å². The number of nitrogens with one attached hydrogen (secondary N) is 1. The first-order valence-electron chi connectivity index (χ1n) is 9.43. The predicted molar refractivity (Wildman–Crippen MR) is 111 cm³/mol. The van der Waals surface area contributed by atoms with E-state index >= 15 is 0 Å². The van der Waals surface area contributed by atoms with Crippen molar-refractivity contribution in [3.63, 3.8) is 0 Å². The summed E-state index contributed by atoms with van der Waals surface area (Å²) in [5, 5.41) is 3.63. The summed E-state index contributed by atoms with van der Waals surface area (Å²) in [6.07, 6.45) is 1.05. The van der Waals surface area contributed by atoms with Crippen LogP contribution in [0.1, 0.15) is 36.9 Å². The van der Waals surface area contributed by atoms with Crippen LogP contribution >= 0.6 is 11.6 Å². The maximum Gasteiger partial charge on any atom is 0.223 e. The van der Waals surface area contributed by atoms with Gasteiger partial charge in [-0.2, -0.15) is 0 Å². The van der Waals surface area contributed by atoms with E-state index in [0.717, 1.165) is 11.1 Å². The first kappa shape index (κ1) is 20.8. The van der Waals surface area contributed by atoms with Crippen molar-refractivity contribution in [1.29, 1.82) is 0 Å². The van der Waals surface area contributed by atoms with Crippen molar-refractivity contribution in [3.05, 3.63) is 70.7 Å². The summed E-state index contributed by atoms with van der Waals surface area (Å²) in [7, 11) is -3.37. The van der Waals surface area contributed by atoms with Crippen LogP contribution in [0.25, 0.3) is 0 Å². The molecule has 0 saturated carbocycles. The van der Waals surface area contributed by atoms with Crippen molar-refractivity contribution in [2.24, 2.45) is 5.92 Å². The summed E-state index contributed by atoms with van der Waals surface area (Å²) < 4.78 is 26.8. The molecule has 3 rings (SSSR count). The fourth-order valence-electron chi connectivity index (χ4n) is 3.51. The first-order valence-corrected chi connectivity index (χ1v) is 11.4. The van der Waals surface area contributed by atoms with Gasteiger partial charge in [-0.05, 0) is 37.0 Å². The molecule has 0 aliphatic carbocycles. The predicted octanol–water partition coefficient (Wildman–Crippen LogP) is 3.76. The summed E-state index contributed by atoms with van der Waals surface area (Å²) in [6, 6.07) is 16.4. The molecule has 1 N–H and O–H groups in total. The lowest BCUT2D eigenvalue weighted by Gasteiger charge is -2.31. The third-order valence-corrected chi connectivity index (χ3v) is 7.33. The molecule has 1 amide bonds. The van der Waals surface area contributed by atoms with Gasteiger partial charge >= 0.3 is 0 Å². The Balaban J connectivity index is 1.54. The summed E-state index contributed by atoms with van der Waals surface area (Å²) in [6.45, 7) is 2.64. The molecule has 1 unspecified atom stereocenters. The quantitative estimate of drug-likeness (QED) is 0.773. The fraction of sp³-hybridized carbons (Fsp3) is 0.381. The van der Waals surface area contributed by atoms with Crippen LogP contribution in [-0.4, -0.2) is 31.7 Å². The molecule has 2 aromatic carbocycles. The highest BCUT2D eigenvalue weighted by molar-refractivity contribution is 7.88. The number of amides is 1. The van der Waals surface area contributed by atoms with Crippen LogP contribution in [0.2, 0.25) is 5.02 Å². The van der Waals surface area contributed by atoms with E-state index in [9.17, 15) is 13.2 Å². The molecule has 1 heterocycles. The fourth-order valence-corrected chi connectivity index (χ4v) is 5.37. The molecule has 5 nitrogen and oxygen atoms in total. The average molecular weight is 421 g/mol. The van der Waals surface area contributed by atoms with Crippen LogP contribution in [-0.2, 0) is 20.6 Å². The van der Waals surface area contributed by atoms with Crippen molar-refractivity contribution in [1.82, 2.24) is 9.62 Å². The molecule has 0 bridgehead atoms. The minimum atomic E-state index is -3.37. The highest BCUT2D eigenvalue weighted by Crippen LogP contribution is 2.25. The third kappa shape index (κ3) is 5.13. The number of hydrogen-bond donors (Lipinski definition) is 1. The molecule has 28 heavy (non-hydrogen) atoms. The first-order chi connectivity index (χ1) is 13.4. The van der Waals surface area contributed by atoms with Gasteiger partial charge in [0.2, 0.25) is 15.9 Å². The van der Waals surface area contributed by atoms with Crippen LogP contribution < -0.4 is 5.32 Å². The Morgan fingerprint density at radius 1 is 1.11 bits per heavy atom. The molecule has 2 aromatic rings. The van der Waals surface area contributed by atoms with Gasteiger partial charge in [0, 0.05) is 24.0 Å². The number of hydrogen-bond acceptors (Lipinski definition) is 3. The van der Waals surface area contributed by atoms with Crippen LogP contribution in [0.5, 0.6) is 0 Å². The SMILES string of the molecule is CC(NC(=O)C1CCN(S(=O)(=O)Cc2ccccc2)CC1)c1ccccc1Cl. The smallest absolute Gasteiger partial charge is 0.223 e. The van der Waals surface area contributed by atoms with Gasteiger partial charge in [-0.3, -0.25) is 4.79 Å². The summed E-state index contributed by atoms with van der Waals surface area (Å²) in [5.41, 5.74) is 1.65. The Morgan fingerprint density at radius 3 is 2.36 bits per heavy atom. The Hall–Kier alpha value is -1.89. The zero-order chi connectivity index (χ0) is 20.1. The second-order valence-electron chi connectivity index (χ2n) is 7.17. The molecule has 0 aromatic heterocycles. The van der Waals surface area contributed by atoms with Crippen LogP contribution in [0.4, 0.5) is 0 Å². The van der Waals surface area contributed by atoms with Crippen molar-refractivity contribution in [3.8, 4) is 0 Å². The summed E-state index contributed by atoms with van der Waals surface area (Å²) in [4.78, 5) is 12.6. The number of sulfonamides is 1. The molecule has 1 aliphatic rings. The second-order valence-corrected chi connectivity index (χ2v) is 9.54. The monoisotopic (exact) mass is 420 g/mol. The number of benzene rings is 2. The Morgan fingerprint density at radius 2 is 1.71 bits per heavy atom. The number of halogens is 1. The van der Waals surface area contributed by atoms with E-state index in [4.69, 9.17) is 11.6 Å². The maximum atomic E-state index is 12.6. The summed E-state index contributed by atoms with van der Waals surface area (Å²) >= 11 is 6.20. The molecular formula is C21H25ClN2O3S. The van der Waals surface area contributed by atoms with E-state index < -0.39 is 10.0 Å². The van der Waals surface area contributed by atoms with Gasteiger partial charge in [-0.15, -0.1) is 0 Å². The summed E-state index contributed by atoms with van der Waals surface area (Å²) in [5.74, 6) is -0.241. The van der Waals surface area contributed by atoms with Gasteiger partial charge in [0.1, 0.15) is 0 Å². The highest BCUT2D eigenvalue weighted by atomic mass is 35.5. The lowest BCUT2D eigenvalue weighted by molar-refractivity contribution is -0.126. The Kier molecular flexibility index (Phi) is 6.75. The van der Waals surface area contributed by atoms with Gasteiger partial charge < -0.3 is 5.32 Å². The van der Waals surface area contributed by atoms with Crippen LogP contribution in [0, 0.1) is 5.92 Å². The molecule has 1 atom stereocenters. The Labute approximate surface area is 171 Å². The van der Waals surface area contributed by atoms with E-state index in [1.165, 1.54) is 4.31 Å². The lowest BCUT2D eigenvalue weighted by atomic mass is 9.96. The van der Waals surface area contributed by atoms with E-state index in [-0.39, 0.29) is 23.6 Å². The number of carbonyl (C=O) groups is 1. The van der Waals surface area contributed by atoms with E-state index in [1.54, 1.807) is 6.07 Å². The van der Waals surface area contributed by atoms with Crippen molar-refractivity contribution < 1.29 is 13.2 Å². The van der Waals surface area contributed by atoms with Gasteiger partial charge in [0.25, 0.3) is 0 Å². The van der Waals surface area contributed by atoms with Crippen LogP contribution in [0.15, 0.2) is 54.6 Å². The zero-order valence-electron chi connectivity index (χ0n) is 15.8. The molecular weight excluding hydrogens is 396 g/mol. The normalized spacial score (nSPS) is 17.2. The van der Waals surface area contributed by atoms with Crippen molar-refractivity contribution >= 4 is 27.5 Å². The highest BCUT2D eigenvalue weighted by Gasteiger charge is 2.31. The minimum Gasteiger partial charge on any atom is -0.349 e. The molecule has 1 saturated heterocycles. The molecule has 7 heteroatoms. The molecule has 150 valence electrons. The number of carbonyl (C=O) groups excluding carboxylic acids is 1. The van der Waals surface area contributed by atoms with Crippen molar-refractivity contribution in [2.75, 3.05) is 13.1 Å². The minimum absolute atomic E-state index is 0.00571. The molecule has 1 aliphatic heterocycles. The lowest BCUT2D eigenvalue weighted by Crippen LogP contribution is -2.43. The number of nitrogens with zero attached hydrogens (tertiary/aromatic N) is 1. The van der Waals surface area contributed by atoms with E-state index in [2.05, 4.69) is 5.32 Å². The average Bonchev–Trinajstić information content (AvgIpc) is 2.69. The van der Waals surface area contributed by atoms with Gasteiger partial charge in [-0.25, -0.2) is 12.7 Å². The second kappa shape index (κ2) is 9.07. The largest absolute Gasteiger partial charge is 0.349 e. The molecule has 0 spiro atoms. The molecule has 0 radical (unpaired) electrons. The van der Waals surface area contributed by atoms with Crippen LogP contribution in [0.3, 0.4) is 0 Å².